The van der Waals surface area contributed by atoms with E-state index in [-0.39, 0.29) is 6.54 Å². The molecule has 0 aliphatic carbocycles. The normalized spacial score (nSPS) is 11.6. The number of anilines is 1. The number of rotatable bonds is 5. The van der Waals surface area contributed by atoms with Crippen LogP contribution < -0.4 is 10.6 Å². The summed E-state index contributed by atoms with van der Waals surface area (Å²) in [5, 5.41) is 14.7. The summed E-state index contributed by atoms with van der Waals surface area (Å²) in [5.74, 6) is -2.18. The number of halogens is 1. The van der Waals surface area contributed by atoms with E-state index in [1.54, 1.807) is 12.1 Å². The minimum atomic E-state index is -1.10. The van der Waals surface area contributed by atoms with Crippen LogP contribution in [0.5, 0.6) is 0 Å². The third-order valence-corrected chi connectivity index (χ3v) is 3.52. The van der Waals surface area contributed by atoms with Crippen molar-refractivity contribution in [3.8, 4) is 0 Å². The lowest BCUT2D eigenvalue weighted by molar-refractivity contribution is -0.136. The highest BCUT2D eigenvalue weighted by atomic mass is 19.1. The van der Waals surface area contributed by atoms with Crippen LogP contribution in [0.2, 0.25) is 0 Å². The number of aryl methyl sites for hydroxylation is 1. The summed E-state index contributed by atoms with van der Waals surface area (Å²) in [6.45, 7) is 1.83. The first-order valence-electron chi connectivity index (χ1n) is 7.61. The molecular formula is C18H19FN2O3. The Kier molecular flexibility index (Phi) is 6.03. The van der Waals surface area contributed by atoms with Crippen LogP contribution in [0.1, 0.15) is 24.2 Å². The monoisotopic (exact) mass is 330 g/mol. The molecule has 0 radical (unpaired) electrons. The maximum absolute atomic E-state index is 13.1. The average Bonchev–Trinajstić information content (AvgIpc) is 2.60. The fourth-order valence-corrected chi connectivity index (χ4v) is 2.11. The van der Waals surface area contributed by atoms with Gasteiger partial charge in [-0.05, 0) is 41.8 Å². The Bertz CT molecular complexity index is 716. The Morgan fingerprint density at radius 2 is 1.83 bits per heavy atom. The molecule has 2 amide bonds. The lowest BCUT2D eigenvalue weighted by Gasteiger charge is -2.12. The molecule has 0 aromatic heterocycles. The highest BCUT2D eigenvalue weighted by molar-refractivity contribution is 6.39. The van der Waals surface area contributed by atoms with Gasteiger partial charge in [0.05, 0.1) is 6.10 Å². The van der Waals surface area contributed by atoms with Gasteiger partial charge in [0.2, 0.25) is 0 Å². The zero-order chi connectivity index (χ0) is 17.5. The summed E-state index contributed by atoms with van der Waals surface area (Å²) in [6, 6.07) is 12.6. The van der Waals surface area contributed by atoms with Gasteiger partial charge in [-0.3, -0.25) is 9.59 Å². The van der Waals surface area contributed by atoms with Gasteiger partial charge >= 0.3 is 11.8 Å². The lowest BCUT2D eigenvalue weighted by Crippen LogP contribution is -2.37. The third kappa shape index (κ3) is 4.89. The van der Waals surface area contributed by atoms with Crippen LogP contribution in [0.3, 0.4) is 0 Å². The standard InChI is InChI=1S/C18H19FN2O3/c1-2-12-6-8-15(9-7-12)21-18(24)17(23)20-11-16(22)13-4-3-5-14(19)10-13/h3-10,16,22H,2,11H2,1H3,(H,20,23)(H,21,24). The predicted octanol–water partition coefficient (Wildman–Crippen LogP) is 2.18. The van der Waals surface area contributed by atoms with E-state index in [0.29, 0.717) is 11.3 Å². The number of aliphatic hydroxyl groups excluding tert-OH is 1. The number of amides is 2. The maximum atomic E-state index is 13.1. The Hall–Kier alpha value is -2.73. The molecular weight excluding hydrogens is 311 g/mol. The van der Waals surface area contributed by atoms with Gasteiger partial charge in [0.25, 0.3) is 0 Å². The Morgan fingerprint density at radius 3 is 2.46 bits per heavy atom. The lowest BCUT2D eigenvalue weighted by atomic mass is 10.1. The van der Waals surface area contributed by atoms with E-state index < -0.39 is 23.7 Å². The van der Waals surface area contributed by atoms with E-state index in [0.717, 1.165) is 12.0 Å². The SMILES string of the molecule is CCc1ccc(NC(=O)C(=O)NCC(O)c2cccc(F)c2)cc1. The number of aliphatic hydroxyl groups is 1. The van der Waals surface area contributed by atoms with Crippen molar-refractivity contribution in [2.45, 2.75) is 19.4 Å². The van der Waals surface area contributed by atoms with E-state index in [1.807, 2.05) is 19.1 Å². The molecule has 0 heterocycles. The van der Waals surface area contributed by atoms with E-state index in [2.05, 4.69) is 10.6 Å². The van der Waals surface area contributed by atoms with Crippen molar-refractivity contribution in [1.82, 2.24) is 5.32 Å². The second-order valence-corrected chi connectivity index (χ2v) is 5.29. The van der Waals surface area contributed by atoms with Crippen molar-refractivity contribution in [3.05, 3.63) is 65.5 Å². The molecule has 24 heavy (non-hydrogen) atoms. The molecule has 2 aromatic rings. The van der Waals surface area contributed by atoms with Crippen LogP contribution >= 0.6 is 0 Å². The Labute approximate surface area is 139 Å². The molecule has 0 saturated carbocycles. The first kappa shape index (κ1) is 17.6. The third-order valence-electron chi connectivity index (χ3n) is 3.52. The molecule has 1 atom stereocenters. The molecule has 3 N–H and O–H groups in total. The molecule has 0 spiro atoms. The predicted molar refractivity (Wildman–Crippen MR) is 88.8 cm³/mol. The van der Waals surface area contributed by atoms with Crippen LogP contribution in [0.15, 0.2) is 48.5 Å². The van der Waals surface area contributed by atoms with E-state index in [9.17, 15) is 19.1 Å². The minimum absolute atomic E-state index is 0.190. The van der Waals surface area contributed by atoms with Crippen molar-refractivity contribution in [2.75, 3.05) is 11.9 Å². The smallest absolute Gasteiger partial charge is 0.313 e. The van der Waals surface area contributed by atoms with E-state index >= 15 is 0 Å². The fraction of sp³-hybridized carbons (Fsp3) is 0.222. The fourth-order valence-electron chi connectivity index (χ4n) is 2.11. The summed E-state index contributed by atoms with van der Waals surface area (Å²) in [5.41, 5.74) is 1.96. The molecule has 1 unspecified atom stereocenters. The summed E-state index contributed by atoms with van der Waals surface area (Å²) < 4.78 is 13.1. The zero-order valence-corrected chi connectivity index (χ0v) is 13.3. The number of carbonyl (C=O) groups is 2. The molecule has 2 aromatic carbocycles. The largest absolute Gasteiger partial charge is 0.387 e. The first-order chi connectivity index (χ1) is 11.5. The number of hydrogen-bond donors (Lipinski definition) is 3. The molecule has 0 saturated heterocycles. The molecule has 2 rings (SSSR count). The van der Waals surface area contributed by atoms with Gasteiger partial charge in [0, 0.05) is 12.2 Å². The van der Waals surface area contributed by atoms with Crippen molar-refractivity contribution < 1.29 is 19.1 Å². The summed E-state index contributed by atoms with van der Waals surface area (Å²) in [4.78, 5) is 23.6. The number of benzene rings is 2. The van der Waals surface area contributed by atoms with Gasteiger partial charge in [0.1, 0.15) is 5.82 Å². The quantitative estimate of drug-likeness (QED) is 0.735. The molecule has 0 aliphatic heterocycles. The molecule has 0 aliphatic rings. The molecule has 6 heteroatoms. The second-order valence-electron chi connectivity index (χ2n) is 5.29. The van der Waals surface area contributed by atoms with Crippen molar-refractivity contribution >= 4 is 17.5 Å². The Morgan fingerprint density at radius 1 is 1.12 bits per heavy atom. The average molecular weight is 330 g/mol. The van der Waals surface area contributed by atoms with Crippen molar-refractivity contribution in [3.63, 3.8) is 0 Å². The van der Waals surface area contributed by atoms with Crippen molar-refractivity contribution in [1.29, 1.82) is 0 Å². The van der Waals surface area contributed by atoms with Gasteiger partial charge in [-0.2, -0.15) is 0 Å². The summed E-state index contributed by atoms with van der Waals surface area (Å²) in [6.07, 6.45) is -0.214. The van der Waals surface area contributed by atoms with Crippen molar-refractivity contribution in [2.24, 2.45) is 0 Å². The summed E-state index contributed by atoms with van der Waals surface area (Å²) >= 11 is 0. The van der Waals surface area contributed by atoms with Gasteiger partial charge in [-0.15, -0.1) is 0 Å². The van der Waals surface area contributed by atoms with Crippen LogP contribution in [-0.2, 0) is 16.0 Å². The minimum Gasteiger partial charge on any atom is -0.387 e. The van der Waals surface area contributed by atoms with Crippen LogP contribution in [0.4, 0.5) is 10.1 Å². The molecule has 5 nitrogen and oxygen atoms in total. The molecule has 0 fully saturated rings. The van der Waals surface area contributed by atoms with Crippen LogP contribution in [0, 0.1) is 5.82 Å². The van der Waals surface area contributed by atoms with Crippen LogP contribution in [0.25, 0.3) is 0 Å². The Balaban J connectivity index is 1.85. The second kappa shape index (κ2) is 8.21. The number of hydrogen-bond acceptors (Lipinski definition) is 3. The van der Waals surface area contributed by atoms with Gasteiger partial charge < -0.3 is 15.7 Å². The highest BCUT2D eigenvalue weighted by Gasteiger charge is 2.16. The topological polar surface area (TPSA) is 78.4 Å². The first-order valence-corrected chi connectivity index (χ1v) is 7.61. The van der Waals surface area contributed by atoms with E-state index in [1.165, 1.54) is 24.3 Å². The molecule has 0 bridgehead atoms. The van der Waals surface area contributed by atoms with Gasteiger partial charge in [-0.1, -0.05) is 31.2 Å². The van der Waals surface area contributed by atoms with E-state index in [4.69, 9.17) is 0 Å². The van der Waals surface area contributed by atoms with Gasteiger partial charge in [-0.25, -0.2) is 4.39 Å². The maximum Gasteiger partial charge on any atom is 0.313 e. The zero-order valence-electron chi connectivity index (χ0n) is 13.3. The van der Waals surface area contributed by atoms with Crippen LogP contribution in [-0.4, -0.2) is 23.5 Å². The van der Waals surface area contributed by atoms with Gasteiger partial charge in [0.15, 0.2) is 0 Å². The number of carbonyl (C=O) groups excluding carboxylic acids is 2. The summed E-state index contributed by atoms with van der Waals surface area (Å²) in [7, 11) is 0. The molecule has 126 valence electrons. The number of nitrogens with one attached hydrogen (secondary N) is 2. The highest BCUT2D eigenvalue weighted by Crippen LogP contribution is 2.13.